The number of carboxylic acid groups (broad SMARTS) is 1. The lowest BCUT2D eigenvalue weighted by Gasteiger charge is -2.14. The predicted octanol–water partition coefficient (Wildman–Crippen LogP) is 2.43. The Bertz CT molecular complexity index is 362. The first kappa shape index (κ1) is 14.5. The molecule has 0 aromatic heterocycles. The minimum absolute atomic E-state index is 0.466. The summed E-state index contributed by atoms with van der Waals surface area (Å²) >= 11 is 0. The number of hydrogen-bond donors (Lipinski definition) is 2. The number of methoxy groups -OCH3 is 1. The van der Waals surface area contributed by atoms with Crippen molar-refractivity contribution in [2.24, 2.45) is 0 Å². The zero-order valence-corrected chi connectivity index (χ0v) is 11.0. The lowest BCUT2D eigenvalue weighted by atomic mass is 10.1. The Labute approximate surface area is 108 Å². The van der Waals surface area contributed by atoms with E-state index in [1.54, 1.807) is 7.11 Å². The number of carboxylic acids is 1. The normalized spacial score (nSPS) is 12.1. The van der Waals surface area contributed by atoms with Gasteiger partial charge in [-0.1, -0.05) is 31.9 Å². The summed E-state index contributed by atoms with van der Waals surface area (Å²) in [7, 11) is 1.62. The molecule has 100 valence electrons. The first-order valence-corrected chi connectivity index (χ1v) is 6.26. The third kappa shape index (κ3) is 4.75. The molecule has 0 aliphatic rings. The standard InChI is InChI=1S/C14H21NO3/c1-3-4-5-13(14(16)17)15-10-11-6-8-12(18-2)9-7-11/h6-9,13,15H,3-5,10H2,1-2H3,(H,16,17). The molecule has 1 aromatic carbocycles. The SMILES string of the molecule is CCCCC(NCc1ccc(OC)cc1)C(=O)O. The minimum Gasteiger partial charge on any atom is -0.497 e. The van der Waals surface area contributed by atoms with Crippen LogP contribution in [0.4, 0.5) is 0 Å². The van der Waals surface area contributed by atoms with E-state index >= 15 is 0 Å². The van der Waals surface area contributed by atoms with Gasteiger partial charge in [0.1, 0.15) is 11.8 Å². The number of benzene rings is 1. The van der Waals surface area contributed by atoms with Gasteiger partial charge in [0.2, 0.25) is 0 Å². The number of ether oxygens (including phenoxy) is 1. The van der Waals surface area contributed by atoms with Crippen LogP contribution < -0.4 is 10.1 Å². The van der Waals surface area contributed by atoms with Crippen molar-refractivity contribution >= 4 is 5.97 Å². The van der Waals surface area contributed by atoms with Crippen LogP contribution in [0.1, 0.15) is 31.7 Å². The summed E-state index contributed by atoms with van der Waals surface area (Å²) in [6, 6.07) is 7.15. The fourth-order valence-electron chi connectivity index (χ4n) is 1.71. The molecule has 0 aliphatic heterocycles. The summed E-state index contributed by atoms with van der Waals surface area (Å²) in [5.74, 6) is 0.0245. The molecule has 0 aliphatic carbocycles. The molecule has 4 heteroatoms. The number of nitrogens with one attached hydrogen (secondary N) is 1. The van der Waals surface area contributed by atoms with Gasteiger partial charge in [-0.15, -0.1) is 0 Å². The molecule has 0 bridgehead atoms. The van der Waals surface area contributed by atoms with Crippen LogP contribution in [0.25, 0.3) is 0 Å². The Hall–Kier alpha value is -1.55. The molecule has 0 radical (unpaired) electrons. The third-order valence-corrected chi connectivity index (χ3v) is 2.86. The molecule has 0 fully saturated rings. The number of unbranched alkanes of at least 4 members (excludes halogenated alkanes) is 1. The van der Waals surface area contributed by atoms with E-state index in [1.807, 2.05) is 24.3 Å². The average Bonchev–Trinajstić information content (AvgIpc) is 2.39. The van der Waals surface area contributed by atoms with Crippen molar-refractivity contribution in [2.45, 2.75) is 38.8 Å². The number of hydrogen-bond acceptors (Lipinski definition) is 3. The number of carbonyl (C=O) groups is 1. The summed E-state index contributed by atoms with van der Waals surface area (Å²) in [4.78, 5) is 11.0. The maximum absolute atomic E-state index is 11.0. The van der Waals surface area contributed by atoms with Gasteiger partial charge in [-0.3, -0.25) is 4.79 Å². The topological polar surface area (TPSA) is 58.6 Å². The third-order valence-electron chi connectivity index (χ3n) is 2.86. The van der Waals surface area contributed by atoms with Gasteiger partial charge in [0.25, 0.3) is 0 Å². The average molecular weight is 251 g/mol. The largest absolute Gasteiger partial charge is 0.497 e. The molecule has 0 saturated heterocycles. The number of rotatable bonds is 8. The second-order valence-corrected chi connectivity index (χ2v) is 4.26. The van der Waals surface area contributed by atoms with E-state index in [0.717, 1.165) is 24.2 Å². The molecule has 1 rings (SSSR count). The molecule has 1 aromatic rings. The first-order valence-electron chi connectivity index (χ1n) is 6.26. The molecule has 0 heterocycles. The van der Waals surface area contributed by atoms with Gasteiger partial charge >= 0.3 is 5.97 Å². The Balaban J connectivity index is 2.47. The fourth-order valence-corrected chi connectivity index (χ4v) is 1.71. The van der Waals surface area contributed by atoms with Crippen molar-refractivity contribution in [1.82, 2.24) is 5.32 Å². The van der Waals surface area contributed by atoms with Crippen LogP contribution in [0.2, 0.25) is 0 Å². The molecule has 4 nitrogen and oxygen atoms in total. The van der Waals surface area contributed by atoms with E-state index in [0.29, 0.717) is 13.0 Å². The first-order chi connectivity index (χ1) is 8.67. The van der Waals surface area contributed by atoms with Gasteiger partial charge in [0.05, 0.1) is 7.11 Å². The van der Waals surface area contributed by atoms with E-state index in [9.17, 15) is 4.79 Å². The maximum atomic E-state index is 11.0. The Kier molecular flexibility index (Phi) is 6.22. The van der Waals surface area contributed by atoms with Crippen LogP contribution in [0.5, 0.6) is 5.75 Å². The summed E-state index contributed by atoms with van der Waals surface area (Å²) in [6.07, 6.45) is 2.60. The van der Waals surface area contributed by atoms with E-state index < -0.39 is 12.0 Å². The van der Waals surface area contributed by atoms with Gasteiger partial charge in [0.15, 0.2) is 0 Å². The predicted molar refractivity (Wildman–Crippen MR) is 70.8 cm³/mol. The lowest BCUT2D eigenvalue weighted by molar-refractivity contribution is -0.139. The smallest absolute Gasteiger partial charge is 0.320 e. The van der Waals surface area contributed by atoms with Crippen LogP contribution in [-0.2, 0) is 11.3 Å². The second-order valence-electron chi connectivity index (χ2n) is 4.26. The van der Waals surface area contributed by atoms with Crippen LogP contribution in [0.3, 0.4) is 0 Å². The zero-order chi connectivity index (χ0) is 13.4. The van der Waals surface area contributed by atoms with Crippen molar-refractivity contribution in [2.75, 3.05) is 7.11 Å². The molecule has 1 atom stereocenters. The molecular formula is C14H21NO3. The highest BCUT2D eigenvalue weighted by molar-refractivity contribution is 5.73. The quantitative estimate of drug-likeness (QED) is 0.745. The van der Waals surface area contributed by atoms with Crippen molar-refractivity contribution in [3.8, 4) is 5.75 Å². The monoisotopic (exact) mass is 251 g/mol. The van der Waals surface area contributed by atoms with Crippen molar-refractivity contribution in [3.63, 3.8) is 0 Å². The molecule has 0 amide bonds. The zero-order valence-electron chi connectivity index (χ0n) is 11.0. The number of aliphatic carboxylic acids is 1. The molecular weight excluding hydrogens is 230 g/mol. The summed E-state index contributed by atoms with van der Waals surface area (Å²) in [5.41, 5.74) is 1.05. The van der Waals surface area contributed by atoms with Crippen LogP contribution >= 0.6 is 0 Å². The summed E-state index contributed by atoms with van der Waals surface area (Å²) in [6.45, 7) is 2.62. The summed E-state index contributed by atoms with van der Waals surface area (Å²) in [5, 5.41) is 12.1. The Morgan fingerprint density at radius 3 is 2.56 bits per heavy atom. The van der Waals surface area contributed by atoms with E-state index in [2.05, 4.69) is 12.2 Å². The maximum Gasteiger partial charge on any atom is 0.320 e. The van der Waals surface area contributed by atoms with E-state index in [1.165, 1.54) is 0 Å². The van der Waals surface area contributed by atoms with Gasteiger partial charge in [-0.25, -0.2) is 0 Å². The highest BCUT2D eigenvalue weighted by atomic mass is 16.5. The van der Waals surface area contributed by atoms with E-state index in [-0.39, 0.29) is 0 Å². The van der Waals surface area contributed by atoms with Crippen LogP contribution in [-0.4, -0.2) is 24.2 Å². The van der Waals surface area contributed by atoms with Gasteiger partial charge in [-0.2, -0.15) is 0 Å². The lowest BCUT2D eigenvalue weighted by Crippen LogP contribution is -2.36. The molecule has 18 heavy (non-hydrogen) atoms. The minimum atomic E-state index is -0.781. The van der Waals surface area contributed by atoms with Gasteiger partial charge in [0, 0.05) is 6.54 Å². The molecule has 2 N–H and O–H groups in total. The fraction of sp³-hybridized carbons (Fsp3) is 0.500. The highest BCUT2D eigenvalue weighted by Crippen LogP contribution is 2.11. The molecule has 1 unspecified atom stereocenters. The Morgan fingerprint density at radius 1 is 1.39 bits per heavy atom. The van der Waals surface area contributed by atoms with Gasteiger partial charge < -0.3 is 15.2 Å². The van der Waals surface area contributed by atoms with E-state index in [4.69, 9.17) is 9.84 Å². The molecule has 0 saturated carbocycles. The van der Waals surface area contributed by atoms with Crippen LogP contribution in [0.15, 0.2) is 24.3 Å². The van der Waals surface area contributed by atoms with Crippen molar-refractivity contribution < 1.29 is 14.6 Å². The second kappa shape index (κ2) is 7.71. The van der Waals surface area contributed by atoms with Gasteiger partial charge in [-0.05, 0) is 24.1 Å². The summed E-state index contributed by atoms with van der Waals surface area (Å²) < 4.78 is 5.07. The van der Waals surface area contributed by atoms with Crippen molar-refractivity contribution in [3.05, 3.63) is 29.8 Å². The highest BCUT2D eigenvalue weighted by Gasteiger charge is 2.15. The molecule has 0 spiro atoms. The van der Waals surface area contributed by atoms with Crippen LogP contribution in [0, 0.1) is 0 Å². The Morgan fingerprint density at radius 2 is 2.06 bits per heavy atom. The van der Waals surface area contributed by atoms with Crippen molar-refractivity contribution in [1.29, 1.82) is 0 Å².